The number of aryl methyl sites for hydroxylation is 1. The number of fused-ring (bicyclic) bond motifs is 1. The Morgan fingerprint density at radius 3 is 2.50 bits per heavy atom. The van der Waals surface area contributed by atoms with Gasteiger partial charge in [0.1, 0.15) is 17.0 Å². The highest BCUT2D eigenvalue weighted by Crippen LogP contribution is 2.28. The fourth-order valence-electron chi connectivity index (χ4n) is 3.67. The Kier molecular flexibility index (Phi) is 6.40. The van der Waals surface area contributed by atoms with Crippen LogP contribution in [0.2, 0.25) is 0 Å². The van der Waals surface area contributed by atoms with E-state index in [4.69, 9.17) is 4.74 Å². The zero-order chi connectivity index (χ0) is 24.2. The third-order valence-corrected chi connectivity index (χ3v) is 5.32. The van der Waals surface area contributed by atoms with Crippen LogP contribution < -0.4 is 20.9 Å². The second-order valence-corrected chi connectivity index (χ2v) is 7.90. The molecule has 0 aliphatic carbocycles. The number of carbonyl (C=O) groups is 2. The standard InChI is InChI=1S/C26H24N4O4/c1-16-6-8-18(9-7-16)15-30-24-19(5-4-12-27-24)13-21(26(30)33)25(32)29-22-14-20(28-17(2)31)10-11-23(22)34-3/h4-14H,15H2,1-3H3,(H,28,31)(H,29,32). The van der Waals surface area contributed by atoms with Crippen molar-refractivity contribution in [1.82, 2.24) is 9.55 Å². The molecule has 0 saturated carbocycles. The molecule has 0 saturated heterocycles. The molecule has 4 aromatic rings. The van der Waals surface area contributed by atoms with Gasteiger partial charge in [-0.25, -0.2) is 4.98 Å². The summed E-state index contributed by atoms with van der Waals surface area (Å²) in [6.07, 6.45) is 1.62. The number of benzene rings is 2. The van der Waals surface area contributed by atoms with Crippen molar-refractivity contribution in [2.75, 3.05) is 17.7 Å². The minimum absolute atomic E-state index is 0.0282. The van der Waals surface area contributed by atoms with Gasteiger partial charge in [-0.05, 0) is 48.9 Å². The summed E-state index contributed by atoms with van der Waals surface area (Å²) in [6, 6.07) is 17.8. The molecule has 4 rings (SSSR count). The van der Waals surface area contributed by atoms with Crippen molar-refractivity contribution in [3.63, 3.8) is 0 Å². The van der Waals surface area contributed by atoms with Crippen LogP contribution in [-0.2, 0) is 11.3 Å². The molecule has 2 amide bonds. The van der Waals surface area contributed by atoms with Gasteiger partial charge >= 0.3 is 0 Å². The summed E-state index contributed by atoms with van der Waals surface area (Å²) in [5, 5.41) is 6.08. The van der Waals surface area contributed by atoms with Crippen molar-refractivity contribution < 1.29 is 14.3 Å². The number of ether oxygens (including phenoxy) is 1. The Hall–Kier alpha value is -4.46. The first kappa shape index (κ1) is 22.7. The fraction of sp³-hybridized carbons (Fsp3) is 0.154. The highest BCUT2D eigenvalue weighted by molar-refractivity contribution is 6.06. The van der Waals surface area contributed by atoms with Crippen LogP contribution in [0.25, 0.3) is 11.0 Å². The van der Waals surface area contributed by atoms with Crippen molar-refractivity contribution >= 4 is 34.2 Å². The van der Waals surface area contributed by atoms with Gasteiger partial charge in [0.05, 0.1) is 19.3 Å². The van der Waals surface area contributed by atoms with E-state index >= 15 is 0 Å². The Morgan fingerprint density at radius 1 is 1.03 bits per heavy atom. The maximum atomic E-state index is 13.4. The molecule has 0 aliphatic rings. The number of nitrogens with zero attached hydrogens (tertiary/aromatic N) is 2. The van der Waals surface area contributed by atoms with Gasteiger partial charge in [-0.1, -0.05) is 29.8 Å². The summed E-state index contributed by atoms with van der Waals surface area (Å²) in [7, 11) is 1.47. The second kappa shape index (κ2) is 9.58. The average molecular weight is 457 g/mol. The van der Waals surface area contributed by atoms with E-state index in [0.717, 1.165) is 11.1 Å². The molecule has 2 aromatic heterocycles. The predicted molar refractivity (Wildman–Crippen MR) is 132 cm³/mol. The molecule has 8 heteroatoms. The number of methoxy groups -OCH3 is 1. The number of rotatable bonds is 6. The van der Waals surface area contributed by atoms with E-state index in [-0.39, 0.29) is 18.0 Å². The molecule has 0 radical (unpaired) electrons. The van der Waals surface area contributed by atoms with Crippen molar-refractivity contribution in [2.24, 2.45) is 0 Å². The smallest absolute Gasteiger partial charge is 0.265 e. The lowest BCUT2D eigenvalue weighted by atomic mass is 10.1. The topological polar surface area (TPSA) is 102 Å². The van der Waals surface area contributed by atoms with Gasteiger partial charge in [0.2, 0.25) is 5.91 Å². The zero-order valence-electron chi connectivity index (χ0n) is 19.1. The minimum atomic E-state index is -0.591. The van der Waals surface area contributed by atoms with Crippen LogP contribution in [0, 0.1) is 6.92 Å². The Bertz CT molecular complexity index is 1440. The van der Waals surface area contributed by atoms with E-state index in [9.17, 15) is 14.4 Å². The normalized spacial score (nSPS) is 10.7. The van der Waals surface area contributed by atoms with Gasteiger partial charge in [0.15, 0.2) is 0 Å². The fourth-order valence-corrected chi connectivity index (χ4v) is 3.67. The van der Waals surface area contributed by atoms with Crippen LogP contribution in [0.1, 0.15) is 28.4 Å². The third kappa shape index (κ3) is 4.80. The van der Waals surface area contributed by atoms with Gasteiger partial charge < -0.3 is 15.4 Å². The number of pyridine rings is 2. The Labute approximate surface area is 196 Å². The Morgan fingerprint density at radius 2 is 1.79 bits per heavy atom. The molecule has 0 spiro atoms. The van der Waals surface area contributed by atoms with Crippen LogP contribution in [0.5, 0.6) is 5.75 Å². The van der Waals surface area contributed by atoms with Gasteiger partial charge in [-0.3, -0.25) is 19.0 Å². The summed E-state index contributed by atoms with van der Waals surface area (Å²) in [5.74, 6) is -0.444. The van der Waals surface area contributed by atoms with E-state index in [1.165, 1.54) is 24.7 Å². The molecule has 0 atom stereocenters. The first-order valence-corrected chi connectivity index (χ1v) is 10.7. The highest BCUT2D eigenvalue weighted by Gasteiger charge is 2.18. The number of amides is 2. The van der Waals surface area contributed by atoms with Gasteiger partial charge in [-0.2, -0.15) is 0 Å². The molecule has 2 N–H and O–H groups in total. The lowest BCUT2D eigenvalue weighted by molar-refractivity contribution is -0.114. The highest BCUT2D eigenvalue weighted by atomic mass is 16.5. The molecule has 0 aliphatic heterocycles. The molecule has 34 heavy (non-hydrogen) atoms. The van der Waals surface area contributed by atoms with Crippen LogP contribution in [0.4, 0.5) is 11.4 Å². The molecular weight excluding hydrogens is 432 g/mol. The predicted octanol–water partition coefficient (Wildman–Crippen LogP) is 3.97. The number of carbonyl (C=O) groups excluding carboxylic acids is 2. The molecule has 0 unspecified atom stereocenters. The van der Waals surface area contributed by atoms with E-state index < -0.39 is 11.5 Å². The molecule has 0 bridgehead atoms. The summed E-state index contributed by atoms with van der Waals surface area (Å²) in [6.45, 7) is 3.66. The van der Waals surface area contributed by atoms with Gasteiger partial charge in [0, 0.05) is 24.2 Å². The quantitative estimate of drug-likeness (QED) is 0.457. The van der Waals surface area contributed by atoms with E-state index in [1.54, 1.807) is 30.5 Å². The average Bonchev–Trinajstić information content (AvgIpc) is 2.81. The molecule has 2 aromatic carbocycles. The molecule has 8 nitrogen and oxygen atoms in total. The molecule has 2 heterocycles. The van der Waals surface area contributed by atoms with Crippen molar-refractivity contribution in [2.45, 2.75) is 20.4 Å². The number of aromatic nitrogens is 2. The summed E-state index contributed by atoms with van der Waals surface area (Å²) in [5.41, 5.74) is 2.86. The lowest BCUT2D eigenvalue weighted by Gasteiger charge is -2.14. The van der Waals surface area contributed by atoms with Crippen molar-refractivity contribution in [3.05, 3.63) is 93.9 Å². The molecule has 172 valence electrons. The monoisotopic (exact) mass is 456 g/mol. The molecular formula is C26H24N4O4. The molecule has 0 fully saturated rings. The maximum Gasteiger partial charge on any atom is 0.265 e. The number of nitrogens with one attached hydrogen (secondary N) is 2. The third-order valence-electron chi connectivity index (χ3n) is 5.32. The van der Waals surface area contributed by atoms with E-state index in [1.807, 2.05) is 37.3 Å². The first-order chi connectivity index (χ1) is 16.4. The summed E-state index contributed by atoms with van der Waals surface area (Å²) in [4.78, 5) is 42.5. The van der Waals surface area contributed by atoms with E-state index in [2.05, 4.69) is 15.6 Å². The van der Waals surface area contributed by atoms with Crippen LogP contribution >= 0.6 is 0 Å². The number of anilines is 2. The lowest BCUT2D eigenvalue weighted by Crippen LogP contribution is -2.30. The second-order valence-electron chi connectivity index (χ2n) is 7.90. The van der Waals surface area contributed by atoms with E-state index in [0.29, 0.717) is 28.2 Å². The Balaban J connectivity index is 1.75. The number of hydrogen-bond acceptors (Lipinski definition) is 5. The van der Waals surface area contributed by atoms with Crippen molar-refractivity contribution in [3.8, 4) is 5.75 Å². The summed E-state index contributed by atoms with van der Waals surface area (Å²) < 4.78 is 6.83. The first-order valence-electron chi connectivity index (χ1n) is 10.7. The van der Waals surface area contributed by atoms with Crippen LogP contribution in [0.3, 0.4) is 0 Å². The van der Waals surface area contributed by atoms with Gasteiger partial charge in [0.25, 0.3) is 11.5 Å². The SMILES string of the molecule is COc1ccc(NC(C)=O)cc1NC(=O)c1cc2cccnc2n(Cc2ccc(C)cc2)c1=O. The minimum Gasteiger partial charge on any atom is -0.495 e. The zero-order valence-corrected chi connectivity index (χ0v) is 19.1. The van der Waals surface area contributed by atoms with Gasteiger partial charge in [-0.15, -0.1) is 0 Å². The van der Waals surface area contributed by atoms with Crippen LogP contribution in [-0.4, -0.2) is 28.5 Å². The van der Waals surface area contributed by atoms with Crippen LogP contribution in [0.15, 0.2) is 71.7 Å². The summed E-state index contributed by atoms with van der Waals surface area (Å²) >= 11 is 0. The van der Waals surface area contributed by atoms with Crippen molar-refractivity contribution in [1.29, 1.82) is 0 Å². The number of hydrogen-bond donors (Lipinski definition) is 2. The maximum absolute atomic E-state index is 13.4. The largest absolute Gasteiger partial charge is 0.495 e.